The van der Waals surface area contributed by atoms with Gasteiger partial charge in [0.1, 0.15) is 5.75 Å². The zero-order valence-corrected chi connectivity index (χ0v) is 18.1. The third-order valence-electron chi connectivity index (χ3n) is 5.38. The maximum atomic E-state index is 13.2. The number of anilines is 1. The number of nitriles is 1. The van der Waals surface area contributed by atoms with Gasteiger partial charge in [-0.15, -0.1) is 0 Å². The topological polar surface area (TPSA) is 90.7 Å². The van der Waals surface area contributed by atoms with Crippen LogP contribution in [0.2, 0.25) is 0 Å². The number of rotatable bonds is 8. The molecule has 158 valence electrons. The SMILES string of the molecule is COc1ccc(N(C(=O)CN(C)S(=O)(=O)c2ccc(C#N)cc2)C(C)C2CC2)cc1. The van der Waals surface area contributed by atoms with Crippen LogP contribution in [-0.4, -0.2) is 45.4 Å². The number of methoxy groups -OCH3 is 1. The van der Waals surface area contributed by atoms with Gasteiger partial charge in [0.25, 0.3) is 0 Å². The van der Waals surface area contributed by atoms with Gasteiger partial charge >= 0.3 is 0 Å². The second-order valence-electron chi connectivity index (χ2n) is 7.44. The van der Waals surface area contributed by atoms with Gasteiger partial charge in [0.05, 0.1) is 30.2 Å². The van der Waals surface area contributed by atoms with Crippen LogP contribution in [-0.2, 0) is 14.8 Å². The summed E-state index contributed by atoms with van der Waals surface area (Å²) in [5, 5.41) is 8.90. The monoisotopic (exact) mass is 427 g/mol. The molecule has 1 aliphatic rings. The summed E-state index contributed by atoms with van der Waals surface area (Å²) in [6, 6.07) is 14.8. The number of hydrogen-bond acceptors (Lipinski definition) is 5. The molecule has 0 aromatic heterocycles. The maximum absolute atomic E-state index is 13.2. The molecule has 2 aromatic rings. The Morgan fingerprint density at radius 2 is 1.77 bits per heavy atom. The molecule has 3 rings (SSSR count). The number of hydrogen-bond donors (Lipinski definition) is 0. The van der Waals surface area contributed by atoms with E-state index in [1.807, 2.05) is 25.1 Å². The summed E-state index contributed by atoms with van der Waals surface area (Å²) in [5.41, 5.74) is 1.08. The first-order valence-corrected chi connectivity index (χ1v) is 11.1. The minimum atomic E-state index is -3.86. The average Bonchev–Trinajstić information content (AvgIpc) is 3.59. The molecule has 1 amide bonds. The fourth-order valence-corrected chi connectivity index (χ4v) is 4.49. The summed E-state index contributed by atoms with van der Waals surface area (Å²) in [6.07, 6.45) is 2.11. The summed E-state index contributed by atoms with van der Waals surface area (Å²) in [5.74, 6) is 0.807. The highest BCUT2D eigenvalue weighted by Gasteiger charge is 2.36. The van der Waals surface area contributed by atoms with Gasteiger partial charge in [0, 0.05) is 18.8 Å². The molecule has 7 nitrogen and oxygen atoms in total. The molecule has 1 atom stereocenters. The van der Waals surface area contributed by atoms with Gasteiger partial charge in [0.2, 0.25) is 15.9 Å². The van der Waals surface area contributed by atoms with Crippen LogP contribution in [0.3, 0.4) is 0 Å². The molecular weight excluding hydrogens is 402 g/mol. The van der Waals surface area contributed by atoms with E-state index in [0.717, 1.165) is 17.1 Å². The third kappa shape index (κ3) is 4.64. The smallest absolute Gasteiger partial charge is 0.243 e. The number of benzene rings is 2. The van der Waals surface area contributed by atoms with E-state index in [0.29, 0.717) is 22.9 Å². The molecule has 2 aromatic carbocycles. The van der Waals surface area contributed by atoms with Gasteiger partial charge in [-0.25, -0.2) is 8.42 Å². The highest BCUT2D eigenvalue weighted by atomic mass is 32.2. The quantitative estimate of drug-likeness (QED) is 0.646. The summed E-state index contributed by atoms with van der Waals surface area (Å²) in [4.78, 5) is 14.9. The van der Waals surface area contributed by atoms with E-state index in [4.69, 9.17) is 10.00 Å². The van der Waals surface area contributed by atoms with Crippen LogP contribution in [0.5, 0.6) is 5.75 Å². The molecule has 1 aliphatic carbocycles. The van der Waals surface area contributed by atoms with Crippen molar-refractivity contribution in [3.63, 3.8) is 0 Å². The van der Waals surface area contributed by atoms with Crippen molar-refractivity contribution in [1.82, 2.24) is 4.31 Å². The van der Waals surface area contributed by atoms with Crippen LogP contribution in [0.15, 0.2) is 53.4 Å². The fraction of sp³-hybridized carbons (Fsp3) is 0.364. The zero-order valence-electron chi connectivity index (χ0n) is 17.3. The standard InChI is InChI=1S/C22H25N3O4S/c1-16(18-6-7-18)25(19-8-10-20(29-3)11-9-19)22(26)15-24(2)30(27,28)21-12-4-17(14-23)5-13-21/h4-5,8-13,16,18H,6-7,15H2,1-3H3. The molecule has 1 unspecified atom stereocenters. The van der Waals surface area contributed by atoms with Crippen molar-refractivity contribution < 1.29 is 17.9 Å². The molecule has 0 N–H and O–H groups in total. The zero-order chi connectivity index (χ0) is 21.9. The minimum absolute atomic E-state index is 0.0306. The number of ether oxygens (including phenoxy) is 1. The minimum Gasteiger partial charge on any atom is -0.497 e. The van der Waals surface area contributed by atoms with Crippen LogP contribution in [0.4, 0.5) is 5.69 Å². The third-order valence-corrected chi connectivity index (χ3v) is 7.20. The lowest BCUT2D eigenvalue weighted by Crippen LogP contribution is -2.46. The molecule has 0 aliphatic heterocycles. The molecule has 0 spiro atoms. The van der Waals surface area contributed by atoms with Crippen LogP contribution < -0.4 is 9.64 Å². The van der Waals surface area contributed by atoms with Crippen molar-refractivity contribution in [1.29, 1.82) is 5.26 Å². The van der Waals surface area contributed by atoms with Crippen LogP contribution in [0.1, 0.15) is 25.3 Å². The van der Waals surface area contributed by atoms with Crippen molar-refractivity contribution in [3.8, 4) is 11.8 Å². The van der Waals surface area contributed by atoms with Gasteiger partial charge in [0.15, 0.2) is 0 Å². The number of nitrogens with zero attached hydrogens (tertiary/aromatic N) is 3. The van der Waals surface area contributed by atoms with Crippen molar-refractivity contribution in [2.75, 3.05) is 25.6 Å². The van der Waals surface area contributed by atoms with Crippen molar-refractivity contribution in [2.24, 2.45) is 5.92 Å². The number of sulfonamides is 1. The predicted molar refractivity (Wildman–Crippen MR) is 114 cm³/mol. The lowest BCUT2D eigenvalue weighted by atomic mass is 10.1. The lowest BCUT2D eigenvalue weighted by Gasteiger charge is -2.31. The van der Waals surface area contributed by atoms with E-state index in [9.17, 15) is 13.2 Å². The first kappa shape index (κ1) is 21.8. The van der Waals surface area contributed by atoms with Crippen molar-refractivity contribution >= 4 is 21.6 Å². The number of likely N-dealkylation sites (N-methyl/N-ethyl adjacent to an activating group) is 1. The molecule has 8 heteroatoms. The first-order valence-electron chi connectivity index (χ1n) is 9.70. The molecule has 0 heterocycles. The van der Waals surface area contributed by atoms with Gasteiger partial charge in [-0.2, -0.15) is 9.57 Å². The summed E-state index contributed by atoms with van der Waals surface area (Å²) < 4.78 is 32.0. The van der Waals surface area contributed by atoms with E-state index < -0.39 is 10.0 Å². The van der Waals surface area contributed by atoms with E-state index in [1.165, 1.54) is 31.3 Å². The molecule has 30 heavy (non-hydrogen) atoms. The molecule has 0 radical (unpaired) electrons. The van der Waals surface area contributed by atoms with Crippen molar-refractivity contribution in [2.45, 2.75) is 30.7 Å². The fourth-order valence-electron chi connectivity index (χ4n) is 3.37. The van der Waals surface area contributed by atoms with Crippen LogP contribution in [0.25, 0.3) is 0 Å². The van der Waals surface area contributed by atoms with E-state index in [-0.39, 0.29) is 23.4 Å². The van der Waals surface area contributed by atoms with Crippen molar-refractivity contribution in [3.05, 3.63) is 54.1 Å². The number of carbonyl (C=O) groups is 1. The summed E-state index contributed by atoms with van der Waals surface area (Å²) >= 11 is 0. The van der Waals surface area contributed by atoms with Gasteiger partial charge in [-0.05, 0) is 74.2 Å². The van der Waals surface area contributed by atoms with Gasteiger partial charge in [-0.3, -0.25) is 4.79 Å². The molecule has 0 bridgehead atoms. The van der Waals surface area contributed by atoms with E-state index >= 15 is 0 Å². The normalized spacial score (nSPS) is 14.8. The highest BCUT2D eigenvalue weighted by molar-refractivity contribution is 7.89. The van der Waals surface area contributed by atoms with E-state index in [1.54, 1.807) is 24.1 Å². The van der Waals surface area contributed by atoms with E-state index in [2.05, 4.69) is 0 Å². The number of carbonyl (C=O) groups excluding carboxylic acids is 1. The Bertz CT molecular complexity index is 1040. The maximum Gasteiger partial charge on any atom is 0.243 e. The highest BCUT2D eigenvalue weighted by Crippen LogP contribution is 2.37. The second kappa shape index (κ2) is 8.86. The van der Waals surface area contributed by atoms with Gasteiger partial charge < -0.3 is 9.64 Å². The Morgan fingerprint density at radius 3 is 2.27 bits per heavy atom. The molecule has 1 saturated carbocycles. The Kier molecular flexibility index (Phi) is 6.44. The molecular formula is C22H25N3O4S. The van der Waals surface area contributed by atoms with Crippen LogP contribution in [0, 0.1) is 17.2 Å². The Balaban J connectivity index is 1.82. The number of amides is 1. The summed E-state index contributed by atoms with van der Waals surface area (Å²) in [7, 11) is -0.894. The first-order chi connectivity index (χ1) is 14.3. The van der Waals surface area contributed by atoms with Gasteiger partial charge in [-0.1, -0.05) is 0 Å². The molecule has 1 fully saturated rings. The summed E-state index contributed by atoms with van der Waals surface area (Å²) in [6.45, 7) is 1.71. The lowest BCUT2D eigenvalue weighted by molar-refractivity contribution is -0.119. The molecule has 0 saturated heterocycles. The Labute approximate surface area is 177 Å². The predicted octanol–water partition coefficient (Wildman–Crippen LogP) is 3.02. The average molecular weight is 428 g/mol. The Hall–Kier alpha value is -2.89. The van der Waals surface area contributed by atoms with Crippen LogP contribution >= 0.6 is 0 Å². The second-order valence-corrected chi connectivity index (χ2v) is 9.48. The largest absolute Gasteiger partial charge is 0.497 e. The Morgan fingerprint density at radius 1 is 1.17 bits per heavy atom.